The van der Waals surface area contributed by atoms with Gasteiger partial charge in [0.1, 0.15) is 5.75 Å². The van der Waals surface area contributed by atoms with Crippen LogP contribution in [0.3, 0.4) is 0 Å². The van der Waals surface area contributed by atoms with Gasteiger partial charge in [0.15, 0.2) is 0 Å². The van der Waals surface area contributed by atoms with Crippen molar-refractivity contribution in [3.63, 3.8) is 0 Å². The van der Waals surface area contributed by atoms with Crippen LogP contribution in [0.15, 0.2) is 18.2 Å². The standard InChI is InChI=1S/C10H9IO4S/c11-6-1-2-8(7(5-6)10(13)14)15-9(12)3-4-16/h1-2,5,16H,3-4H2,(H,13,14)/p-1. The molecule has 0 aliphatic heterocycles. The van der Waals surface area contributed by atoms with Crippen LogP contribution in [0.2, 0.25) is 0 Å². The third-order valence-corrected chi connectivity index (χ3v) is 2.60. The van der Waals surface area contributed by atoms with Gasteiger partial charge in [0.05, 0.1) is 12.4 Å². The summed E-state index contributed by atoms with van der Waals surface area (Å²) < 4.78 is 5.62. The summed E-state index contributed by atoms with van der Waals surface area (Å²) in [6.45, 7) is 0. The molecule has 6 heteroatoms. The number of hydrogen-bond donors (Lipinski definition) is 1. The highest BCUT2D eigenvalue weighted by Crippen LogP contribution is 2.21. The van der Waals surface area contributed by atoms with E-state index in [1.54, 1.807) is 6.07 Å². The number of aromatic carboxylic acids is 1. The molecular formula is C10H8IO4S-. The number of ether oxygens (including phenoxy) is 1. The monoisotopic (exact) mass is 351 g/mol. The van der Waals surface area contributed by atoms with Crippen LogP contribution in [0.1, 0.15) is 16.8 Å². The van der Waals surface area contributed by atoms with Crippen LogP contribution in [-0.2, 0) is 4.79 Å². The van der Waals surface area contributed by atoms with E-state index in [0.717, 1.165) is 3.57 Å². The SMILES string of the molecule is O=C(CCS)Oc1ccc(I)cc1C(=O)[O-]. The lowest BCUT2D eigenvalue weighted by Gasteiger charge is -2.10. The van der Waals surface area contributed by atoms with Crippen molar-refractivity contribution >= 4 is 47.2 Å². The molecule has 0 aromatic heterocycles. The molecule has 0 saturated heterocycles. The number of rotatable bonds is 4. The Kier molecular flexibility index (Phi) is 5.07. The van der Waals surface area contributed by atoms with Crippen molar-refractivity contribution in [1.29, 1.82) is 0 Å². The Bertz CT molecular complexity index is 419. The van der Waals surface area contributed by atoms with Crippen molar-refractivity contribution < 1.29 is 19.4 Å². The van der Waals surface area contributed by atoms with E-state index in [9.17, 15) is 14.7 Å². The van der Waals surface area contributed by atoms with Crippen molar-refractivity contribution in [2.75, 3.05) is 5.75 Å². The van der Waals surface area contributed by atoms with E-state index >= 15 is 0 Å². The van der Waals surface area contributed by atoms with Gasteiger partial charge in [-0.3, -0.25) is 4.79 Å². The van der Waals surface area contributed by atoms with E-state index in [-0.39, 0.29) is 17.7 Å². The first-order valence-electron chi connectivity index (χ1n) is 4.37. The maximum absolute atomic E-state index is 11.2. The molecule has 0 atom stereocenters. The molecule has 0 aliphatic rings. The van der Waals surface area contributed by atoms with E-state index in [4.69, 9.17) is 4.74 Å². The molecule has 0 amide bonds. The summed E-state index contributed by atoms with van der Waals surface area (Å²) in [7, 11) is 0. The minimum absolute atomic E-state index is 0.00667. The molecule has 0 saturated carbocycles. The van der Waals surface area contributed by atoms with Crippen LogP contribution in [-0.4, -0.2) is 17.7 Å². The Hall–Kier alpha value is -0.760. The minimum Gasteiger partial charge on any atom is -0.545 e. The lowest BCUT2D eigenvalue weighted by Crippen LogP contribution is -2.24. The third kappa shape index (κ3) is 3.67. The average molecular weight is 351 g/mol. The maximum Gasteiger partial charge on any atom is 0.312 e. The molecule has 1 aromatic rings. The molecule has 1 rings (SSSR count). The van der Waals surface area contributed by atoms with Gasteiger partial charge in [-0.1, -0.05) is 0 Å². The first-order chi connectivity index (χ1) is 7.54. The molecule has 0 aliphatic carbocycles. The summed E-state index contributed by atoms with van der Waals surface area (Å²) in [5.41, 5.74) is -0.126. The molecule has 4 nitrogen and oxygen atoms in total. The zero-order chi connectivity index (χ0) is 12.1. The maximum atomic E-state index is 11.2. The molecule has 0 bridgehead atoms. The van der Waals surface area contributed by atoms with Crippen LogP contribution in [0, 0.1) is 3.57 Å². The highest BCUT2D eigenvalue weighted by atomic mass is 127. The molecule has 0 fully saturated rings. The Morgan fingerprint density at radius 3 is 2.69 bits per heavy atom. The van der Waals surface area contributed by atoms with Gasteiger partial charge in [-0.05, 0) is 40.8 Å². The van der Waals surface area contributed by atoms with Crippen LogP contribution in [0.25, 0.3) is 0 Å². The van der Waals surface area contributed by atoms with Crippen molar-refractivity contribution in [1.82, 2.24) is 0 Å². The lowest BCUT2D eigenvalue weighted by molar-refractivity contribution is -0.255. The largest absolute Gasteiger partial charge is 0.545 e. The summed E-state index contributed by atoms with van der Waals surface area (Å²) in [5.74, 6) is -1.53. The molecule has 0 heterocycles. The lowest BCUT2D eigenvalue weighted by atomic mass is 10.2. The number of benzene rings is 1. The van der Waals surface area contributed by atoms with E-state index in [0.29, 0.717) is 5.75 Å². The molecule has 0 N–H and O–H groups in total. The Labute approximate surface area is 112 Å². The number of hydrogen-bond acceptors (Lipinski definition) is 5. The first kappa shape index (κ1) is 13.3. The number of carbonyl (C=O) groups excluding carboxylic acids is 2. The van der Waals surface area contributed by atoms with Gasteiger partial charge >= 0.3 is 5.97 Å². The number of carboxylic acids is 1. The number of thiol groups is 1. The van der Waals surface area contributed by atoms with E-state index in [2.05, 4.69) is 12.6 Å². The number of halogens is 1. The van der Waals surface area contributed by atoms with E-state index in [1.807, 2.05) is 22.6 Å². The summed E-state index contributed by atoms with van der Waals surface area (Å²) >= 11 is 5.84. The van der Waals surface area contributed by atoms with Gasteiger partial charge in [-0.25, -0.2) is 0 Å². The zero-order valence-electron chi connectivity index (χ0n) is 8.10. The van der Waals surface area contributed by atoms with Gasteiger partial charge in [-0.2, -0.15) is 12.6 Å². The van der Waals surface area contributed by atoms with Crippen LogP contribution < -0.4 is 9.84 Å². The van der Waals surface area contributed by atoms with Crippen LogP contribution >= 0.6 is 35.2 Å². The summed E-state index contributed by atoms with van der Waals surface area (Å²) in [4.78, 5) is 22.0. The smallest absolute Gasteiger partial charge is 0.312 e. The molecule has 16 heavy (non-hydrogen) atoms. The second-order valence-corrected chi connectivity index (χ2v) is 4.57. The van der Waals surface area contributed by atoms with E-state index in [1.165, 1.54) is 12.1 Å². The predicted octanol–water partition coefficient (Wildman–Crippen LogP) is 0.880. The Morgan fingerprint density at radius 2 is 2.12 bits per heavy atom. The first-order valence-corrected chi connectivity index (χ1v) is 6.08. The van der Waals surface area contributed by atoms with Crippen LogP contribution in [0.4, 0.5) is 0 Å². The minimum atomic E-state index is -1.37. The van der Waals surface area contributed by atoms with Crippen molar-refractivity contribution in [3.05, 3.63) is 27.3 Å². The van der Waals surface area contributed by atoms with Gasteiger partial charge in [-0.15, -0.1) is 0 Å². The number of carboxylic acid groups (broad SMARTS) is 1. The van der Waals surface area contributed by atoms with Gasteiger partial charge < -0.3 is 14.6 Å². The molecular weight excluding hydrogens is 343 g/mol. The fourth-order valence-corrected chi connectivity index (χ4v) is 1.69. The van der Waals surface area contributed by atoms with Crippen LogP contribution in [0.5, 0.6) is 5.75 Å². The summed E-state index contributed by atoms with van der Waals surface area (Å²) in [5, 5.41) is 10.8. The topological polar surface area (TPSA) is 66.4 Å². The van der Waals surface area contributed by atoms with Crippen molar-refractivity contribution in [2.45, 2.75) is 6.42 Å². The Balaban J connectivity index is 2.95. The predicted molar refractivity (Wildman–Crippen MR) is 67.6 cm³/mol. The highest BCUT2D eigenvalue weighted by molar-refractivity contribution is 14.1. The summed E-state index contributed by atoms with van der Waals surface area (Å²) in [6, 6.07) is 4.47. The molecule has 0 unspecified atom stereocenters. The van der Waals surface area contributed by atoms with Crippen molar-refractivity contribution in [3.8, 4) is 5.75 Å². The Morgan fingerprint density at radius 1 is 1.44 bits per heavy atom. The summed E-state index contributed by atoms with van der Waals surface area (Å²) in [6.07, 6.45) is 0.127. The number of carbonyl (C=O) groups is 2. The molecule has 1 aromatic carbocycles. The fourth-order valence-electron chi connectivity index (χ4n) is 1.02. The molecule has 0 radical (unpaired) electrons. The second kappa shape index (κ2) is 6.09. The number of esters is 1. The fraction of sp³-hybridized carbons (Fsp3) is 0.200. The second-order valence-electron chi connectivity index (χ2n) is 2.88. The molecule has 0 spiro atoms. The highest BCUT2D eigenvalue weighted by Gasteiger charge is 2.09. The molecule has 86 valence electrons. The third-order valence-electron chi connectivity index (χ3n) is 1.70. The zero-order valence-corrected chi connectivity index (χ0v) is 11.2. The average Bonchev–Trinajstić information content (AvgIpc) is 2.20. The van der Waals surface area contributed by atoms with Gasteiger partial charge in [0.2, 0.25) is 0 Å². The quantitative estimate of drug-likeness (QED) is 0.379. The van der Waals surface area contributed by atoms with Gasteiger partial charge in [0.25, 0.3) is 0 Å². The normalized spacial score (nSPS) is 9.88. The van der Waals surface area contributed by atoms with E-state index < -0.39 is 11.9 Å². The van der Waals surface area contributed by atoms with Gasteiger partial charge in [0, 0.05) is 14.9 Å². The van der Waals surface area contributed by atoms with Crippen molar-refractivity contribution in [2.24, 2.45) is 0 Å².